The van der Waals surface area contributed by atoms with Crippen molar-refractivity contribution in [2.24, 2.45) is 17.3 Å². The van der Waals surface area contributed by atoms with Gasteiger partial charge >= 0.3 is 0 Å². The van der Waals surface area contributed by atoms with Crippen LogP contribution in [0.3, 0.4) is 0 Å². The predicted octanol–water partition coefficient (Wildman–Crippen LogP) is 4.07. The van der Waals surface area contributed by atoms with Gasteiger partial charge < -0.3 is 5.32 Å². The number of rotatable bonds is 5. The molecule has 0 aliphatic heterocycles. The Morgan fingerprint density at radius 3 is 2.62 bits per heavy atom. The molecular weight excluding hydrogens is 268 g/mol. The predicted molar refractivity (Wildman–Crippen MR) is 79.0 cm³/mol. The van der Waals surface area contributed by atoms with Gasteiger partial charge in [0.05, 0.1) is 0 Å². The summed E-state index contributed by atoms with van der Waals surface area (Å²) in [6.07, 6.45) is 8.51. The zero-order chi connectivity index (χ0) is 14.4. The molecule has 3 unspecified atom stereocenters. The molecule has 3 heteroatoms. The molecule has 0 radical (unpaired) electrons. The summed E-state index contributed by atoms with van der Waals surface area (Å²) >= 11 is 0. The smallest absolute Gasteiger partial charge is 0.129 e. The molecular formula is C18H23F2N. The van der Waals surface area contributed by atoms with E-state index in [1.807, 2.05) is 0 Å². The maximum atomic E-state index is 14.1. The van der Waals surface area contributed by atoms with E-state index in [2.05, 4.69) is 5.32 Å². The topological polar surface area (TPSA) is 12.0 Å². The SMILES string of the molecule is Fc1ccc(CC2(CNC3CC3)CC3CCC2C3)c(F)c1. The van der Waals surface area contributed by atoms with Crippen molar-refractivity contribution >= 4 is 0 Å². The summed E-state index contributed by atoms with van der Waals surface area (Å²) in [6, 6.07) is 4.77. The summed E-state index contributed by atoms with van der Waals surface area (Å²) in [7, 11) is 0. The number of benzene rings is 1. The minimum absolute atomic E-state index is 0.199. The average Bonchev–Trinajstić information content (AvgIpc) is 3.09. The third-order valence-electron chi connectivity index (χ3n) is 5.98. The van der Waals surface area contributed by atoms with Gasteiger partial charge in [-0.15, -0.1) is 0 Å². The third kappa shape index (κ3) is 2.61. The zero-order valence-corrected chi connectivity index (χ0v) is 12.4. The quantitative estimate of drug-likeness (QED) is 0.862. The molecule has 0 saturated heterocycles. The maximum absolute atomic E-state index is 14.1. The Kier molecular flexibility index (Phi) is 3.29. The van der Waals surface area contributed by atoms with Crippen LogP contribution in [0.1, 0.15) is 44.1 Å². The summed E-state index contributed by atoms with van der Waals surface area (Å²) in [5, 5.41) is 3.68. The minimum Gasteiger partial charge on any atom is -0.313 e. The van der Waals surface area contributed by atoms with Gasteiger partial charge in [0.2, 0.25) is 0 Å². The second-order valence-electron chi connectivity index (χ2n) is 7.51. The van der Waals surface area contributed by atoms with Crippen molar-refractivity contribution in [2.75, 3.05) is 6.54 Å². The van der Waals surface area contributed by atoms with Gasteiger partial charge in [-0.3, -0.25) is 0 Å². The highest BCUT2D eigenvalue weighted by molar-refractivity contribution is 5.22. The van der Waals surface area contributed by atoms with Gasteiger partial charge in [-0.1, -0.05) is 12.5 Å². The van der Waals surface area contributed by atoms with E-state index in [0.29, 0.717) is 11.6 Å². The molecule has 1 N–H and O–H groups in total. The van der Waals surface area contributed by atoms with Crippen molar-refractivity contribution in [2.45, 2.75) is 51.0 Å². The highest BCUT2D eigenvalue weighted by atomic mass is 19.1. The van der Waals surface area contributed by atoms with E-state index in [1.54, 1.807) is 6.07 Å². The first-order valence-electron chi connectivity index (χ1n) is 8.32. The summed E-state index contributed by atoms with van der Waals surface area (Å²) in [4.78, 5) is 0. The van der Waals surface area contributed by atoms with Crippen LogP contribution >= 0.6 is 0 Å². The monoisotopic (exact) mass is 291 g/mol. The Labute approximate surface area is 125 Å². The lowest BCUT2D eigenvalue weighted by molar-refractivity contribution is 0.154. The summed E-state index contributed by atoms with van der Waals surface area (Å²) in [5.41, 5.74) is 0.894. The van der Waals surface area contributed by atoms with E-state index in [1.165, 1.54) is 44.6 Å². The van der Waals surface area contributed by atoms with Crippen LogP contribution in [0.15, 0.2) is 18.2 Å². The van der Waals surface area contributed by atoms with Crippen LogP contribution in [0, 0.1) is 28.9 Å². The summed E-state index contributed by atoms with van der Waals surface area (Å²) in [5.74, 6) is 0.704. The second-order valence-corrected chi connectivity index (χ2v) is 7.51. The van der Waals surface area contributed by atoms with Crippen LogP contribution in [0.4, 0.5) is 8.78 Å². The average molecular weight is 291 g/mol. The molecule has 3 fully saturated rings. The number of hydrogen-bond acceptors (Lipinski definition) is 1. The first-order chi connectivity index (χ1) is 10.1. The minimum atomic E-state index is -0.477. The lowest BCUT2D eigenvalue weighted by Gasteiger charge is -2.38. The Morgan fingerprint density at radius 2 is 2.00 bits per heavy atom. The summed E-state index contributed by atoms with van der Waals surface area (Å²) in [6.45, 7) is 1.01. The molecule has 3 atom stereocenters. The van der Waals surface area contributed by atoms with Crippen molar-refractivity contribution in [3.05, 3.63) is 35.4 Å². The van der Waals surface area contributed by atoms with E-state index < -0.39 is 5.82 Å². The van der Waals surface area contributed by atoms with Gasteiger partial charge in [-0.2, -0.15) is 0 Å². The van der Waals surface area contributed by atoms with Gasteiger partial charge in [0.15, 0.2) is 0 Å². The number of hydrogen-bond donors (Lipinski definition) is 1. The van der Waals surface area contributed by atoms with Crippen LogP contribution in [-0.2, 0) is 6.42 Å². The van der Waals surface area contributed by atoms with Crippen LogP contribution in [0.5, 0.6) is 0 Å². The van der Waals surface area contributed by atoms with Gasteiger partial charge in [0, 0.05) is 18.7 Å². The fraction of sp³-hybridized carbons (Fsp3) is 0.667. The van der Waals surface area contributed by atoms with Crippen molar-refractivity contribution in [1.82, 2.24) is 5.32 Å². The van der Waals surface area contributed by atoms with Crippen LogP contribution < -0.4 is 5.32 Å². The van der Waals surface area contributed by atoms with Crippen molar-refractivity contribution in [1.29, 1.82) is 0 Å². The zero-order valence-electron chi connectivity index (χ0n) is 12.4. The van der Waals surface area contributed by atoms with Crippen molar-refractivity contribution < 1.29 is 8.78 Å². The molecule has 0 spiro atoms. The van der Waals surface area contributed by atoms with E-state index in [-0.39, 0.29) is 11.2 Å². The lowest BCUT2D eigenvalue weighted by Crippen LogP contribution is -2.41. The fourth-order valence-corrected chi connectivity index (χ4v) is 4.73. The highest BCUT2D eigenvalue weighted by Crippen LogP contribution is 2.57. The van der Waals surface area contributed by atoms with Crippen LogP contribution in [-0.4, -0.2) is 12.6 Å². The second kappa shape index (κ2) is 5.05. The van der Waals surface area contributed by atoms with Gasteiger partial charge in [0.1, 0.15) is 11.6 Å². The fourth-order valence-electron chi connectivity index (χ4n) is 4.73. The lowest BCUT2D eigenvalue weighted by atomic mass is 9.69. The molecule has 0 aromatic heterocycles. The van der Waals surface area contributed by atoms with Gasteiger partial charge in [-0.25, -0.2) is 8.78 Å². The first-order valence-corrected chi connectivity index (χ1v) is 8.32. The number of fused-ring (bicyclic) bond motifs is 2. The van der Waals surface area contributed by atoms with E-state index in [4.69, 9.17) is 0 Å². The third-order valence-corrected chi connectivity index (χ3v) is 5.98. The Bertz CT molecular complexity index is 540. The highest BCUT2D eigenvalue weighted by Gasteiger charge is 2.51. The van der Waals surface area contributed by atoms with E-state index in [9.17, 15) is 8.78 Å². The van der Waals surface area contributed by atoms with Crippen molar-refractivity contribution in [3.63, 3.8) is 0 Å². The largest absolute Gasteiger partial charge is 0.313 e. The molecule has 0 amide bonds. The molecule has 3 aliphatic carbocycles. The Morgan fingerprint density at radius 1 is 1.14 bits per heavy atom. The molecule has 1 nitrogen and oxygen atoms in total. The van der Waals surface area contributed by atoms with Gasteiger partial charge in [-0.05, 0) is 67.4 Å². The van der Waals surface area contributed by atoms with Crippen molar-refractivity contribution in [3.8, 4) is 0 Å². The molecule has 2 bridgehead atoms. The molecule has 114 valence electrons. The number of halogens is 2. The van der Waals surface area contributed by atoms with Crippen LogP contribution in [0.25, 0.3) is 0 Å². The number of nitrogens with one attached hydrogen (secondary N) is 1. The van der Waals surface area contributed by atoms with Gasteiger partial charge in [0.25, 0.3) is 0 Å². The molecule has 21 heavy (non-hydrogen) atoms. The van der Waals surface area contributed by atoms with E-state index in [0.717, 1.165) is 30.9 Å². The van der Waals surface area contributed by atoms with E-state index >= 15 is 0 Å². The molecule has 3 saturated carbocycles. The van der Waals surface area contributed by atoms with Crippen LogP contribution in [0.2, 0.25) is 0 Å². The molecule has 3 aliphatic rings. The normalized spacial score (nSPS) is 34.6. The Hall–Kier alpha value is -0.960. The standard InChI is InChI=1S/C18H23F2N/c19-15-4-2-13(17(20)8-15)10-18(11-21-16-5-6-16)9-12-1-3-14(18)7-12/h2,4,8,12,14,16,21H,1,3,5-7,9-11H2. The maximum Gasteiger partial charge on any atom is 0.129 e. The molecule has 1 aromatic carbocycles. The summed E-state index contributed by atoms with van der Waals surface area (Å²) < 4.78 is 27.2. The first kappa shape index (κ1) is 13.7. The Balaban J connectivity index is 1.57. The molecule has 4 rings (SSSR count). The molecule has 1 aromatic rings. The molecule has 0 heterocycles.